The van der Waals surface area contributed by atoms with Gasteiger partial charge in [-0.3, -0.25) is 14.5 Å². The van der Waals surface area contributed by atoms with E-state index in [1.165, 1.54) is 0 Å². The van der Waals surface area contributed by atoms with E-state index in [1.54, 1.807) is 6.33 Å². The van der Waals surface area contributed by atoms with Crippen LogP contribution < -0.4 is 0 Å². The van der Waals surface area contributed by atoms with Crippen molar-refractivity contribution < 1.29 is 14.3 Å². The third-order valence-corrected chi connectivity index (χ3v) is 7.39. The molecule has 3 aliphatic heterocycles. The van der Waals surface area contributed by atoms with Crippen LogP contribution in [0.3, 0.4) is 0 Å². The molecule has 158 valence electrons. The van der Waals surface area contributed by atoms with Crippen molar-refractivity contribution in [2.45, 2.75) is 44.1 Å². The topological polar surface area (TPSA) is 81.8 Å². The molecule has 0 unspecified atom stereocenters. The lowest BCUT2D eigenvalue weighted by Gasteiger charge is -2.52. The Kier molecular flexibility index (Phi) is 5.07. The number of hydrogen-bond donors (Lipinski definition) is 1. The predicted molar refractivity (Wildman–Crippen MR) is 106 cm³/mol. The maximum Gasteiger partial charge on any atom is 0.236 e. The Bertz CT molecular complexity index is 760. The van der Waals surface area contributed by atoms with Crippen molar-refractivity contribution in [3.63, 3.8) is 0 Å². The Morgan fingerprint density at radius 2 is 1.90 bits per heavy atom. The van der Waals surface area contributed by atoms with Gasteiger partial charge in [-0.25, -0.2) is 4.98 Å². The summed E-state index contributed by atoms with van der Waals surface area (Å²) in [5.41, 5.74) is 1.85. The van der Waals surface area contributed by atoms with Crippen LogP contribution in [0, 0.1) is 5.92 Å². The van der Waals surface area contributed by atoms with Crippen LogP contribution in [0.5, 0.6) is 0 Å². The van der Waals surface area contributed by atoms with E-state index < -0.39 is 0 Å². The Morgan fingerprint density at radius 1 is 1.14 bits per heavy atom. The molecule has 1 aromatic heterocycles. The molecule has 8 nitrogen and oxygen atoms in total. The summed E-state index contributed by atoms with van der Waals surface area (Å²) in [5.74, 6) is 0.683. The van der Waals surface area contributed by atoms with Crippen LogP contribution in [0.25, 0.3) is 0 Å². The summed E-state index contributed by atoms with van der Waals surface area (Å²) >= 11 is 0. The SMILES string of the molecule is O=C(CN1CCOCC1)N1CCC2(CC1)c1nc[nH]c1CCN2C(=O)C1CCC1. The number of rotatable bonds is 3. The van der Waals surface area contributed by atoms with Gasteiger partial charge >= 0.3 is 0 Å². The molecule has 5 rings (SSSR count). The fourth-order valence-electron chi connectivity index (χ4n) is 5.36. The number of carbonyl (C=O) groups excluding carboxylic acids is 2. The molecule has 2 saturated heterocycles. The number of fused-ring (bicyclic) bond motifs is 2. The van der Waals surface area contributed by atoms with Gasteiger partial charge in [0.25, 0.3) is 0 Å². The Hall–Kier alpha value is -1.93. The fourth-order valence-corrected chi connectivity index (χ4v) is 5.36. The molecule has 3 fully saturated rings. The number of ether oxygens (including phenoxy) is 1. The summed E-state index contributed by atoms with van der Waals surface area (Å²) in [6.45, 7) is 5.65. The van der Waals surface area contributed by atoms with E-state index in [0.29, 0.717) is 38.8 Å². The summed E-state index contributed by atoms with van der Waals surface area (Å²) in [4.78, 5) is 40.3. The van der Waals surface area contributed by atoms with Gasteiger partial charge in [0.2, 0.25) is 11.8 Å². The molecule has 4 heterocycles. The highest BCUT2D eigenvalue weighted by atomic mass is 16.5. The molecular weight excluding hydrogens is 370 g/mol. The minimum Gasteiger partial charge on any atom is -0.379 e. The van der Waals surface area contributed by atoms with Crippen LogP contribution in [-0.4, -0.2) is 89.0 Å². The summed E-state index contributed by atoms with van der Waals surface area (Å²) < 4.78 is 5.38. The molecule has 1 aromatic rings. The summed E-state index contributed by atoms with van der Waals surface area (Å²) in [5, 5.41) is 0. The van der Waals surface area contributed by atoms with Gasteiger partial charge in [-0.2, -0.15) is 0 Å². The lowest BCUT2D eigenvalue weighted by molar-refractivity contribution is -0.151. The van der Waals surface area contributed by atoms with Crippen LogP contribution >= 0.6 is 0 Å². The van der Waals surface area contributed by atoms with E-state index in [1.807, 2.05) is 4.90 Å². The van der Waals surface area contributed by atoms with Gasteiger partial charge < -0.3 is 19.5 Å². The van der Waals surface area contributed by atoms with Gasteiger partial charge in [-0.05, 0) is 25.7 Å². The van der Waals surface area contributed by atoms with Gasteiger partial charge in [0.15, 0.2) is 0 Å². The van der Waals surface area contributed by atoms with Crippen LogP contribution in [0.2, 0.25) is 0 Å². The molecule has 1 N–H and O–H groups in total. The number of piperidine rings is 1. The number of imidazole rings is 1. The van der Waals surface area contributed by atoms with Gasteiger partial charge in [-0.15, -0.1) is 0 Å². The zero-order valence-electron chi connectivity index (χ0n) is 17.1. The number of amides is 2. The number of aromatic nitrogens is 2. The molecule has 0 aromatic carbocycles. The fraction of sp³-hybridized carbons (Fsp3) is 0.762. The highest BCUT2D eigenvalue weighted by molar-refractivity contribution is 5.81. The number of carbonyl (C=O) groups is 2. The second-order valence-electron chi connectivity index (χ2n) is 8.90. The Morgan fingerprint density at radius 3 is 2.59 bits per heavy atom. The molecule has 0 bridgehead atoms. The van der Waals surface area contributed by atoms with Crippen molar-refractivity contribution in [3.8, 4) is 0 Å². The number of nitrogens with one attached hydrogen (secondary N) is 1. The first-order chi connectivity index (χ1) is 14.2. The van der Waals surface area contributed by atoms with E-state index in [4.69, 9.17) is 4.74 Å². The highest BCUT2D eigenvalue weighted by Gasteiger charge is 2.50. The summed E-state index contributed by atoms with van der Waals surface area (Å²) in [6.07, 6.45) is 7.35. The highest BCUT2D eigenvalue weighted by Crippen LogP contribution is 2.44. The molecule has 1 saturated carbocycles. The standard InChI is InChI=1S/C21H31N5O3/c27-18(14-24-10-12-29-13-11-24)25-8-5-21(6-9-25)19-17(22-15-23-19)4-7-26(21)20(28)16-2-1-3-16/h15-16H,1-14H2,(H,22,23). The second-order valence-corrected chi connectivity index (χ2v) is 8.90. The molecule has 0 atom stereocenters. The van der Waals surface area contributed by atoms with Crippen molar-refractivity contribution >= 4 is 11.8 Å². The third kappa shape index (κ3) is 3.36. The average Bonchev–Trinajstić information content (AvgIpc) is 3.18. The zero-order valence-corrected chi connectivity index (χ0v) is 17.1. The smallest absolute Gasteiger partial charge is 0.236 e. The van der Waals surface area contributed by atoms with Crippen molar-refractivity contribution in [2.75, 3.05) is 52.5 Å². The lowest BCUT2D eigenvalue weighted by atomic mass is 9.76. The molecule has 0 radical (unpaired) electrons. The molecular formula is C21H31N5O3. The maximum atomic E-state index is 13.3. The molecule has 2 amide bonds. The second kappa shape index (κ2) is 7.72. The number of H-pyrrole nitrogens is 1. The minimum absolute atomic E-state index is 0.188. The van der Waals surface area contributed by atoms with Crippen molar-refractivity contribution in [2.24, 2.45) is 5.92 Å². The first kappa shape index (κ1) is 19.1. The molecule has 29 heavy (non-hydrogen) atoms. The van der Waals surface area contributed by atoms with E-state index in [2.05, 4.69) is 19.8 Å². The minimum atomic E-state index is -0.351. The quantitative estimate of drug-likeness (QED) is 0.808. The molecule has 1 spiro atoms. The normalized spacial score (nSPS) is 25.0. The maximum absolute atomic E-state index is 13.3. The van der Waals surface area contributed by atoms with Crippen LogP contribution in [0.1, 0.15) is 43.5 Å². The Labute approximate surface area is 171 Å². The van der Waals surface area contributed by atoms with E-state index in [9.17, 15) is 9.59 Å². The van der Waals surface area contributed by atoms with Crippen LogP contribution in [0.15, 0.2) is 6.33 Å². The van der Waals surface area contributed by atoms with Crippen molar-refractivity contribution in [1.29, 1.82) is 0 Å². The third-order valence-electron chi connectivity index (χ3n) is 7.39. The van der Waals surface area contributed by atoms with Crippen LogP contribution in [0.4, 0.5) is 0 Å². The zero-order chi connectivity index (χ0) is 19.8. The molecule has 4 aliphatic rings. The summed E-state index contributed by atoms with van der Waals surface area (Å²) in [7, 11) is 0. The number of morpholine rings is 1. The van der Waals surface area contributed by atoms with Crippen LogP contribution in [-0.2, 0) is 26.3 Å². The van der Waals surface area contributed by atoms with Crippen molar-refractivity contribution in [3.05, 3.63) is 17.7 Å². The van der Waals surface area contributed by atoms with E-state index >= 15 is 0 Å². The van der Waals surface area contributed by atoms with Gasteiger partial charge in [0.05, 0.1) is 37.3 Å². The number of nitrogens with zero attached hydrogens (tertiary/aromatic N) is 4. The number of likely N-dealkylation sites (tertiary alicyclic amines) is 1. The average molecular weight is 402 g/mol. The number of hydrogen-bond acceptors (Lipinski definition) is 5. The largest absolute Gasteiger partial charge is 0.379 e. The first-order valence-electron chi connectivity index (χ1n) is 11.1. The monoisotopic (exact) mass is 401 g/mol. The van der Waals surface area contributed by atoms with Crippen molar-refractivity contribution in [1.82, 2.24) is 24.7 Å². The predicted octanol–water partition coefficient (Wildman–Crippen LogP) is 0.744. The van der Waals surface area contributed by atoms with Gasteiger partial charge in [-0.1, -0.05) is 6.42 Å². The lowest BCUT2D eigenvalue weighted by Crippen LogP contribution is -2.60. The van der Waals surface area contributed by atoms with Gasteiger partial charge in [0, 0.05) is 50.8 Å². The molecule has 1 aliphatic carbocycles. The number of aromatic amines is 1. The van der Waals surface area contributed by atoms with E-state index in [0.717, 1.165) is 69.5 Å². The van der Waals surface area contributed by atoms with Gasteiger partial charge in [0.1, 0.15) is 0 Å². The van der Waals surface area contributed by atoms with E-state index in [-0.39, 0.29) is 17.4 Å². The first-order valence-corrected chi connectivity index (χ1v) is 11.1. The summed E-state index contributed by atoms with van der Waals surface area (Å²) in [6, 6.07) is 0. The Balaban J connectivity index is 1.31. The molecule has 8 heteroatoms.